The average Bonchev–Trinajstić information content (AvgIpc) is 3.30. The molecule has 3 amide bonds. The van der Waals surface area contributed by atoms with E-state index in [1.165, 1.54) is 4.90 Å². The van der Waals surface area contributed by atoms with Gasteiger partial charge in [-0.15, -0.1) is 0 Å². The Hall–Kier alpha value is -1.75. The summed E-state index contributed by atoms with van der Waals surface area (Å²) in [5.74, 6) is -2.24. The maximum absolute atomic E-state index is 13.6. The van der Waals surface area contributed by atoms with Crippen LogP contribution in [0.1, 0.15) is 27.2 Å². The fraction of sp³-hybridized carbons (Fsp3) is 0.864. The molecular formula is C22H36N4O6. The Morgan fingerprint density at radius 3 is 2.59 bits per heavy atom. The zero-order valence-electron chi connectivity index (χ0n) is 19.4. The lowest BCUT2D eigenvalue weighted by Crippen LogP contribution is -2.58. The van der Waals surface area contributed by atoms with Crippen molar-refractivity contribution in [3.8, 4) is 0 Å². The van der Waals surface area contributed by atoms with Gasteiger partial charge in [-0.3, -0.25) is 19.3 Å². The second-order valence-corrected chi connectivity index (χ2v) is 9.84. The van der Waals surface area contributed by atoms with Crippen LogP contribution in [0.4, 0.5) is 0 Å². The van der Waals surface area contributed by atoms with Crippen molar-refractivity contribution in [3.63, 3.8) is 0 Å². The summed E-state index contributed by atoms with van der Waals surface area (Å²) in [5, 5.41) is 15.5. The van der Waals surface area contributed by atoms with E-state index in [2.05, 4.69) is 15.5 Å². The molecule has 4 saturated heterocycles. The van der Waals surface area contributed by atoms with Crippen LogP contribution in [0.2, 0.25) is 0 Å². The van der Waals surface area contributed by atoms with Gasteiger partial charge in [0.2, 0.25) is 17.7 Å². The van der Waals surface area contributed by atoms with Gasteiger partial charge in [-0.1, -0.05) is 6.92 Å². The molecule has 0 aromatic carbocycles. The van der Waals surface area contributed by atoms with Gasteiger partial charge in [0.15, 0.2) is 0 Å². The number of carbonyl (C=O) groups is 3. The molecule has 4 aliphatic rings. The van der Waals surface area contributed by atoms with E-state index >= 15 is 0 Å². The van der Waals surface area contributed by atoms with E-state index in [-0.39, 0.29) is 30.2 Å². The van der Waals surface area contributed by atoms with Crippen molar-refractivity contribution in [2.45, 2.75) is 50.5 Å². The van der Waals surface area contributed by atoms with Crippen LogP contribution >= 0.6 is 0 Å². The second kappa shape index (κ2) is 8.55. The molecule has 7 atom stereocenters. The maximum atomic E-state index is 13.6. The van der Waals surface area contributed by atoms with Crippen LogP contribution in [0.15, 0.2) is 0 Å². The van der Waals surface area contributed by atoms with Crippen molar-refractivity contribution < 1.29 is 29.0 Å². The van der Waals surface area contributed by atoms with Crippen LogP contribution in [-0.4, -0.2) is 109 Å². The first-order valence-corrected chi connectivity index (χ1v) is 11.6. The standard InChI is InChI=1S/C22H36N4O6/c1-13-11-22-16(15(18(28)23-4)21(13,3)32-22)20(30)26(14(2)12-27)17(22)19(29)24-5-6-25-7-9-31-10-8-25/h13-17,27H,5-12H2,1-4H3,(H,23,28)(H,24,29)/t13?,14-,15-,16+,17?,21+,22?/m1/s1. The third-order valence-corrected chi connectivity index (χ3v) is 8.10. The molecule has 10 heteroatoms. The number of nitrogens with one attached hydrogen (secondary N) is 2. The molecule has 180 valence electrons. The highest BCUT2D eigenvalue weighted by Crippen LogP contribution is 2.65. The smallest absolute Gasteiger partial charge is 0.245 e. The zero-order chi connectivity index (χ0) is 23.3. The van der Waals surface area contributed by atoms with E-state index in [4.69, 9.17) is 9.47 Å². The van der Waals surface area contributed by atoms with Gasteiger partial charge < -0.3 is 30.1 Å². The van der Waals surface area contributed by atoms with E-state index < -0.39 is 35.1 Å². The number of amides is 3. The van der Waals surface area contributed by atoms with Crippen LogP contribution in [0.3, 0.4) is 0 Å². The Morgan fingerprint density at radius 2 is 1.97 bits per heavy atom. The van der Waals surface area contributed by atoms with Gasteiger partial charge >= 0.3 is 0 Å². The molecular weight excluding hydrogens is 416 g/mol. The lowest BCUT2D eigenvalue weighted by molar-refractivity contribution is -0.150. The summed E-state index contributed by atoms with van der Waals surface area (Å²) < 4.78 is 11.9. The number of ether oxygens (including phenoxy) is 2. The number of carbonyl (C=O) groups excluding carboxylic acids is 3. The monoisotopic (exact) mass is 452 g/mol. The number of hydrogen-bond donors (Lipinski definition) is 3. The average molecular weight is 453 g/mol. The molecule has 0 saturated carbocycles. The van der Waals surface area contributed by atoms with Crippen molar-refractivity contribution in [3.05, 3.63) is 0 Å². The van der Waals surface area contributed by atoms with Gasteiger partial charge in [0, 0.05) is 33.2 Å². The number of likely N-dealkylation sites (tertiary alicyclic amines) is 1. The highest BCUT2D eigenvalue weighted by atomic mass is 16.5. The molecule has 3 N–H and O–H groups in total. The van der Waals surface area contributed by atoms with Crippen LogP contribution < -0.4 is 10.6 Å². The lowest BCUT2D eigenvalue weighted by Gasteiger charge is -2.36. The molecule has 1 spiro atoms. The molecule has 0 aromatic heterocycles. The quantitative estimate of drug-likeness (QED) is 0.433. The molecule has 2 bridgehead atoms. The van der Waals surface area contributed by atoms with Crippen molar-refractivity contribution in [1.82, 2.24) is 20.4 Å². The summed E-state index contributed by atoms with van der Waals surface area (Å²) in [6.45, 7) is 9.48. The molecule has 32 heavy (non-hydrogen) atoms. The maximum Gasteiger partial charge on any atom is 0.245 e. The summed E-state index contributed by atoms with van der Waals surface area (Å²) >= 11 is 0. The first kappa shape index (κ1) is 23.4. The predicted octanol–water partition coefficient (Wildman–Crippen LogP) is -1.43. The fourth-order valence-electron chi connectivity index (χ4n) is 6.35. The Labute approximate surface area is 189 Å². The van der Waals surface area contributed by atoms with Gasteiger partial charge in [0.1, 0.15) is 11.6 Å². The first-order chi connectivity index (χ1) is 15.2. The fourth-order valence-corrected chi connectivity index (χ4v) is 6.35. The second-order valence-electron chi connectivity index (χ2n) is 9.84. The van der Waals surface area contributed by atoms with Crippen molar-refractivity contribution in [1.29, 1.82) is 0 Å². The molecule has 4 heterocycles. The van der Waals surface area contributed by atoms with Gasteiger partial charge in [-0.25, -0.2) is 0 Å². The minimum atomic E-state index is -1.07. The van der Waals surface area contributed by atoms with Gasteiger partial charge in [-0.05, 0) is 26.2 Å². The molecule has 0 radical (unpaired) electrons. The van der Waals surface area contributed by atoms with E-state index in [1.54, 1.807) is 14.0 Å². The lowest BCUT2D eigenvalue weighted by atomic mass is 9.62. The van der Waals surface area contributed by atoms with Crippen molar-refractivity contribution in [2.75, 3.05) is 53.0 Å². The number of nitrogens with zero attached hydrogens (tertiary/aromatic N) is 2. The SMILES string of the molecule is CNC(=O)[C@H]1[C@H]2C(=O)N([C@H](C)CO)C(C(=O)NCCN3CCOCC3)C23CC(C)[C@]1(C)O3. The largest absolute Gasteiger partial charge is 0.394 e. The summed E-state index contributed by atoms with van der Waals surface area (Å²) in [4.78, 5) is 43.7. The van der Waals surface area contributed by atoms with E-state index in [0.29, 0.717) is 32.7 Å². The number of aliphatic hydroxyl groups is 1. The van der Waals surface area contributed by atoms with E-state index in [9.17, 15) is 19.5 Å². The van der Waals surface area contributed by atoms with E-state index in [0.717, 1.165) is 13.1 Å². The van der Waals surface area contributed by atoms with Crippen LogP contribution in [0, 0.1) is 17.8 Å². The normalized spacial score (nSPS) is 39.8. The number of morpholine rings is 1. The Balaban J connectivity index is 1.61. The number of rotatable bonds is 7. The Bertz CT molecular complexity index is 774. The summed E-state index contributed by atoms with van der Waals surface area (Å²) in [7, 11) is 1.55. The Kier molecular flexibility index (Phi) is 6.26. The summed E-state index contributed by atoms with van der Waals surface area (Å²) in [6, 6.07) is -1.45. The summed E-state index contributed by atoms with van der Waals surface area (Å²) in [5.41, 5.74) is -1.89. The van der Waals surface area contributed by atoms with Crippen LogP contribution in [0.5, 0.6) is 0 Å². The van der Waals surface area contributed by atoms with Crippen LogP contribution in [-0.2, 0) is 23.9 Å². The Morgan fingerprint density at radius 1 is 1.28 bits per heavy atom. The van der Waals surface area contributed by atoms with Gasteiger partial charge in [-0.2, -0.15) is 0 Å². The minimum Gasteiger partial charge on any atom is -0.394 e. The number of aliphatic hydroxyl groups excluding tert-OH is 1. The molecule has 4 rings (SSSR count). The van der Waals surface area contributed by atoms with Gasteiger partial charge in [0.05, 0.1) is 43.3 Å². The highest BCUT2D eigenvalue weighted by Gasteiger charge is 2.80. The summed E-state index contributed by atoms with van der Waals surface area (Å²) in [6.07, 6.45) is 0.517. The third kappa shape index (κ3) is 3.34. The minimum absolute atomic E-state index is 0.00174. The molecule has 3 unspecified atom stereocenters. The number of fused-ring (bicyclic) bond motifs is 1. The highest BCUT2D eigenvalue weighted by molar-refractivity contribution is 5.99. The molecule has 10 nitrogen and oxygen atoms in total. The van der Waals surface area contributed by atoms with E-state index in [1.807, 2.05) is 13.8 Å². The van der Waals surface area contributed by atoms with Gasteiger partial charge in [0.25, 0.3) is 0 Å². The topological polar surface area (TPSA) is 120 Å². The van der Waals surface area contributed by atoms with Crippen molar-refractivity contribution >= 4 is 17.7 Å². The molecule has 0 aliphatic carbocycles. The first-order valence-electron chi connectivity index (χ1n) is 11.6. The molecule has 4 aliphatic heterocycles. The third-order valence-electron chi connectivity index (χ3n) is 8.10. The van der Waals surface area contributed by atoms with Crippen LogP contribution in [0.25, 0.3) is 0 Å². The predicted molar refractivity (Wildman–Crippen MR) is 114 cm³/mol. The van der Waals surface area contributed by atoms with Crippen molar-refractivity contribution in [2.24, 2.45) is 17.8 Å². The molecule has 0 aromatic rings. The molecule has 4 fully saturated rings. The number of hydrogen-bond acceptors (Lipinski definition) is 7. The zero-order valence-corrected chi connectivity index (χ0v) is 19.4.